The molecule has 0 saturated carbocycles. The van der Waals surface area contributed by atoms with Crippen molar-refractivity contribution in [3.05, 3.63) is 34.7 Å². The first-order valence-corrected chi connectivity index (χ1v) is 7.80. The van der Waals surface area contributed by atoms with Gasteiger partial charge in [-0.25, -0.2) is 9.97 Å². The van der Waals surface area contributed by atoms with Crippen LogP contribution >= 0.6 is 11.3 Å². The largest absolute Gasteiger partial charge is 0.383 e. The summed E-state index contributed by atoms with van der Waals surface area (Å²) in [6, 6.07) is 8.13. The Hall–Kier alpha value is -1.76. The molecule has 0 saturated heterocycles. The molecule has 0 unspecified atom stereocenters. The first kappa shape index (κ1) is 14.2. The summed E-state index contributed by atoms with van der Waals surface area (Å²) in [5, 5.41) is 3.10. The monoisotopic (exact) mass is 302 g/mol. The van der Waals surface area contributed by atoms with E-state index in [1.165, 1.54) is 0 Å². The Morgan fingerprint density at radius 3 is 2.95 bits per heavy atom. The number of fused-ring (bicyclic) bond motifs is 1. The lowest BCUT2D eigenvalue weighted by Crippen LogP contribution is -2.06. The van der Waals surface area contributed by atoms with E-state index in [1.807, 2.05) is 18.2 Å². The molecule has 1 aromatic carbocycles. The van der Waals surface area contributed by atoms with Crippen LogP contribution in [0.3, 0.4) is 0 Å². The van der Waals surface area contributed by atoms with Crippen LogP contribution in [0.25, 0.3) is 22.6 Å². The highest BCUT2D eigenvalue weighted by Gasteiger charge is 2.14. The van der Waals surface area contributed by atoms with Crippen LogP contribution in [0.2, 0.25) is 0 Å². The van der Waals surface area contributed by atoms with Gasteiger partial charge in [-0.05, 0) is 18.7 Å². The lowest BCUT2D eigenvalue weighted by molar-refractivity contribution is 0.188. The third kappa shape index (κ3) is 2.83. The molecule has 0 aliphatic carbocycles. The van der Waals surface area contributed by atoms with E-state index in [-0.39, 0.29) is 0 Å². The van der Waals surface area contributed by atoms with E-state index in [0.29, 0.717) is 13.2 Å². The van der Waals surface area contributed by atoms with Crippen LogP contribution < -0.4 is 5.73 Å². The Kier molecular flexibility index (Phi) is 4.28. The molecule has 0 spiro atoms. The van der Waals surface area contributed by atoms with Gasteiger partial charge in [0, 0.05) is 25.5 Å². The Morgan fingerprint density at radius 1 is 1.29 bits per heavy atom. The van der Waals surface area contributed by atoms with E-state index < -0.39 is 0 Å². The van der Waals surface area contributed by atoms with Crippen LogP contribution in [-0.4, -0.2) is 34.8 Å². The quantitative estimate of drug-likeness (QED) is 0.759. The van der Waals surface area contributed by atoms with E-state index in [2.05, 4.69) is 21.0 Å². The molecule has 0 bridgehead atoms. The fourth-order valence-corrected chi connectivity index (χ4v) is 3.12. The van der Waals surface area contributed by atoms with Crippen LogP contribution in [0.1, 0.15) is 5.01 Å². The molecule has 0 amide bonds. The van der Waals surface area contributed by atoms with Crippen molar-refractivity contribution in [2.75, 3.05) is 20.3 Å². The number of methoxy groups -OCH3 is 1. The van der Waals surface area contributed by atoms with Crippen molar-refractivity contribution in [2.24, 2.45) is 5.73 Å². The molecule has 0 atom stereocenters. The summed E-state index contributed by atoms with van der Waals surface area (Å²) in [5.74, 6) is 0.896. The molecule has 0 fully saturated rings. The number of ether oxygens (including phenoxy) is 1. The van der Waals surface area contributed by atoms with Gasteiger partial charge in [-0.1, -0.05) is 12.1 Å². The van der Waals surface area contributed by atoms with E-state index in [1.54, 1.807) is 18.4 Å². The summed E-state index contributed by atoms with van der Waals surface area (Å²) in [6.45, 7) is 2.02. The van der Waals surface area contributed by atoms with Gasteiger partial charge in [-0.15, -0.1) is 11.3 Å². The Balaban J connectivity index is 2.06. The van der Waals surface area contributed by atoms with E-state index in [4.69, 9.17) is 15.5 Å². The van der Waals surface area contributed by atoms with E-state index in [9.17, 15) is 0 Å². The first-order valence-electron chi connectivity index (χ1n) is 6.92. The minimum Gasteiger partial charge on any atom is -0.383 e. The van der Waals surface area contributed by atoms with Crippen molar-refractivity contribution in [2.45, 2.75) is 13.0 Å². The summed E-state index contributed by atoms with van der Waals surface area (Å²) in [4.78, 5) is 9.38. The highest BCUT2D eigenvalue weighted by molar-refractivity contribution is 7.09. The summed E-state index contributed by atoms with van der Waals surface area (Å²) in [7, 11) is 1.71. The second-order valence-electron chi connectivity index (χ2n) is 4.73. The molecule has 0 radical (unpaired) electrons. The SMILES string of the molecule is COCCn1c(-c2csc(CCN)n2)nc2ccccc21. The highest BCUT2D eigenvalue weighted by Crippen LogP contribution is 2.26. The second kappa shape index (κ2) is 6.34. The molecule has 21 heavy (non-hydrogen) atoms. The molecule has 0 aliphatic heterocycles. The Labute approximate surface area is 127 Å². The number of thiazole rings is 1. The summed E-state index contributed by atoms with van der Waals surface area (Å²) in [6.07, 6.45) is 0.808. The van der Waals surface area contributed by atoms with Gasteiger partial charge in [-0.3, -0.25) is 0 Å². The highest BCUT2D eigenvalue weighted by atomic mass is 32.1. The van der Waals surface area contributed by atoms with Crippen LogP contribution in [0, 0.1) is 0 Å². The number of hydrogen-bond acceptors (Lipinski definition) is 5. The average Bonchev–Trinajstić information content (AvgIpc) is 3.09. The molecule has 2 aromatic heterocycles. The smallest absolute Gasteiger partial charge is 0.160 e. The number of nitrogens with zero attached hydrogens (tertiary/aromatic N) is 3. The lowest BCUT2D eigenvalue weighted by atomic mass is 10.3. The molecular weight excluding hydrogens is 284 g/mol. The first-order chi connectivity index (χ1) is 10.3. The Bertz CT molecular complexity index is 734. The van der Waals surface area contributed by atoms with Crippen molar-refractivity contribution < 1.29 is 4.74 Å². The van der Waals surface area contributed by atoms with Gasteiger partial charge in [0.1, 0.15) is 5.69 Å². The standard InChI is InChI=1S/C15H18N4OS/c1-20-9-8-19-13-5-3-2-4-11(13)18-15(19)12-10-21-14(17-12)6-7-16/h2-5,10H,6-9,16H2,1H3. The summed E-state index contributed by atoms with van der Waals surface area (Å²) >= 11 is 1.64. The van der Waals surface area contributed by atoms with Gasteiger partial charge in [0.2, 0.25) is 0 Å². The van der Waals surface area contributed by atoms with Gasteiger partial charge >= 0.3 is 0 Å². The second-order valence-corrected chi connectivity index (χ2v) is 5.68. The zero-order chi connectivity index (χ0) is 14.7. The number of benzene rings is 1. The number of aromatic nitrogens is 3. The molecule has 2 N–H and O–H groups in total. The van der Waals surface area contributed by atoms with Crippen molar-refractivity contribution >= 4 is 22.4 Å². The number of hydrogen-bond donors (Lipinski definition) is 1. The minimum absolute atomic E-state index is 0.618. The molecule has 3 rings (SSSR count). The summed E-state index contributed by atoms with van der Waals surface area (Å²) in [5.41, 5.74) is 8.60. The fourth-order valence-electron chi connectivity index (χ4n) is 2.33. The maximum atomic E-state index is 5.59. The molecular formula is C15H18N4OS. The zero-order valence-corrected chi connectivity index (χ0v) is 12.8. The van der Waals surface area contributed by atoms with Gasteiger partial charge in [0.05, 0.1) is 22.6 Å². The molecule has 6 heteroatoms. The normalized spacial score (nSPS) is 11.3. The number of para-hydroxylation sites is 2. The van der Waals surface area contributed by atoms with E-state index in [0.717, 1.165) is 40.5 Å². The maximum Gasteiger partial charge on any atom is 0.160 e. The molecule has 0 aliphatic rings. The van der Waals surface area contributed by atoms with Crippen LogP contribution in [0.5, 0.6) is 0 Å². The van der Waals surface area contributed by atoms with Crippen molar-refractivity contribution in [3.8, 4) is 11.5 Å². The van der Waals surface area contributed by atoms with Gasteiger partial charge in [0.15, 0.2) is 5.82 Å². The van der Waals surface area contributed by atoms with E-state index >= 15 is 0 Å². The topological polar surface area (TPSA) is 66.0 Å². The zero-order valence-electron chi connectivity index (χ0n) is 12.0. The fraction of sp³-hybridized carbons (Fsp3) is 0.333. The predicted molar refractivity (Wildman–Crippen MR) is 85.5 cm³/mol. The number of nitrogens with two attached hydrogens (primary N) is 1. The molecule has 5 nitrogen and oxygen atoms in total. The van der Waals surface area contributed by atoms with Crippen LogP contribution in [-0.2, 0) is 17.7 Å². The molecule has 110 valence electrons. The van der Waals surface area contributed by atoms with Gasteiger partial charge in [0.25, 0.3) is 0 Å². The summed E-state index contributed by atoms with van der Waals surface area (Å²) < 4.78 is 7.38. The number of rotatable bonds is 6. The van der Waals surface area contributed by atoms with Crippen molar-refractivity contribution in [3.63, 3.8) is 0 Å². The predicted octanol–water partition coefficient (Wildman–Crippen LogP) is 2.31. The van der Waals surface area contributed by atoms with Gasteiger partial charge in [-0.2, -0.15) is 0 Å². The van der Waals surface area contributed by atoms with Gasteiger partial charge < -0.3 is 15.0 Å². The third-order valence-electron chi connectivity index (χ3n) is 3.31. The molecule has 3 aromatic rings. The van der Waals surface area contributed by atoms with Crippen molar-refractivity contribution in [1.82, 2.24) is 14.5 Å². The molecule has 2 heterocycles. The lowest BCUT2D eigenvalue weighted by Gasteiger charge is -2.06. The Morgan fingerprint density at radius 2 is 2.14 bits per heavy atom. The maximum absolute atomic E-state index is 5.59. The van der Waals surface area contributed by atoms with Crippen molar-refractivity contribution in [1.29, 1.82) is 0 Å². The minimum atomic E-state index is 0.618. The van der Waals surface area contributed by atoms with Crippen LogP contribution in [0.15, 0.2) is 29.6 Å². The van der Waals surface area contributed by atoms with Crippen LogP contribution in [0.4, 0.5) is 0 Å². The number of imidazole rings is 1. The third-order valence-corrected chi connectivity index (χ3v) is 4.22. The average molecular weight is 302 g/mol.